The Balaban J connectivity index is 1.84. The van der Waals surface area contributed by atoms with E-state index in [9.17, 15) is 4.79 Å². The van der Waals surface area contributed by atoms with Crippen LogP contribution in [0.3, 0.4) is 0 Å². The zero-order valence-electron chi connectivity index (χ0n) is 10.7. The lowest BCUT2D eigenvalue weighted by atomic mass is 9.95. The molecule has 2 rings (SSSR count). The molecule has 4 heteroatoms. The van der Waals surface area contributed by atoms with E-state index in [1.54, 1.807) is 0 Å². The topological polar surface area (TPSA) is 58.4 Å². The largest absolute Gasteiger partial charge is 0.335 e. The lowest BCUT2D eigenvalue weighted by Gasteiger charge is -2.36. The number of piperidine rings is 1. The quantitative estimate of drug-likeness (QED) is 0.772. The van der Waals surface area contributed by atoms with Gasteiger partial charge in [-0.1, -0.05) is 19.3 Å². The summed E-state index contributed by atoms with van der Waals surface area (Å²) in [5.41, 5.74) is 5.74. The molecule has 1 atom stereocenters. The van der Waals surface area contributed by atoms with Gasteiger partial charge in [-0.05, 0) is 32.1 Å². The van der Waals surface area contributed by atoms with E-state index in [-0.39, 0.29) is 12.1 Å². The Bertz CT molecular complexity index is 251. The number of nitrogens with two attached hydrogens (primary N) is 1. The highest BCUT2D eigenvalue weighted by atomic mass is 16.2. The minimum atomic E-state index is 0.118. The van der Waals surface area contributed by atoms with Crippen molar-refractivity contribution in [2.45, 2.75) is 63.5 Å². The summed E-state index contributed by atoms with van der Waals surface area (Å²) in [4.78, 5) is 14.2. The standard InChI is InChI=1S/C13H25N3O/c14-10-12-8-4-5-9-16(12)13(17)15-11-6-2-1-3-7-11/h11-12H,1-10,14H2,(H,15,17). The van der Waals surface area contributed by atoms with Gasteiger partial charge in [-0.15, -0.1) is 0 Å². The van der Waals surface area contributed by atoms with Crippen LogP contribution in [0.25, 0.3) is 0 Å². The van der Waals surface area contributed by atoms with Crippen LogP contribution in [-0.2, 0) is 0 Å². The Morgan fingerprint density at radius 2 is 1.82 bits per heavy atom. The van der Waals surface area contributed by atoms with Gasteiger partial charge in [0.05, 0.1) is 0 Å². The molecule has 1 saturated carbocycles. The third-order valence-electron chi connectivity index (χ3n) is 4.09. The molecule has 4 nitrogen and oxygen atoms in total. The molecule has 1 heterocycles. The van der Waals surface area contributed by atoms with Crippen molar-refractivity contribution in [2.24, 2.45) is 5.73 Å². The minimum Gasteiger partial charge on any atom is -0.335 e. The lowest BCUT2D eigenvalue weighted by molar-refractivity contribution is 0.148. The van der Waals surface area contributed by atoms with Crippen LogP contribution in [-0.4, -0.2) is 36.1 Å². The number of hydrogen-bond donors (Lipinski definition) is 2. The molecule has 0 aromatic carbocycles. The molecule has 0 bridgehead atoms. The summed E-state index contributed by atoms with van der Waals surface area (Å²) in [5, 5.41) is 3.18. The second-order valence-electron chi connectivity index (χ2n) is 5.36. The zero-order chi connectivity index (χ0) is 12.1. The maximum Gasteiger partial charge on any atom is 0.317 e. The smallest absolute Gasteiger partial charge is 0.317 e. The van der Waals surface area contributed by atoms with Crippen LogP contribution in [0.1, 0.15) is 51.4 Å². The second kappa shape index (κ2) is 6.24. The van der Waals surface area contributed by atoms with E-state index in [4.69, 9.17) is 5.73 Å². The summed E-state index contributed by atoms with van der Waals surface area (Å²) in [5.74, 6) is 0. The number of nitrogens with zero attached hydrogens (tertiary/aromatic N) is 1. The van der Waals surface area contributed by atoms with Crippen molar-refractivity contribution in [2.75, 3.05) is 13.1 Å². The molecule has 0 radical (unpaired) electrons. The molecule has 2 fully saturated rings. The molecule has 3 N–H and O–H groups in total. The maximum atomic E-state index is 12.2. The van der Waals surface area contributed by atoms with Crippen molar-refractivity contribution in [3.8, 4) is 0 Å². The number of urea groups is 1. The fraction of sp³-hybridized carbons (Fsp3) is 0.923. The van der Waals surface area contributed by atoms with E-state index in [2.05, 4.69) is 5.32 Å². The Hall–Kier alpha value is -0.770. The van der Waals surface area contributed by atoms with Crippen molar-refractivity contribution in [1.29, 1.82) is 0 Å². The predicted molar refractivity (Wildman–Crippen MR) is 68.8 cm³/mol. The number of carbonyl (C=O) groups excluding carboxylic acids is 1. The first-order valence-electron chi connectivity index (χ1n) is 7.08. The minimum absolute atomic E-state index is 0.118. The summed E-state index contributed by atoms with van der Waals surface area (Å²) in [6, 6.07) is 0.774. The van der Waals surface area contributed by atoms with Crippen LogP contribution in [0.5, 0.6) is 0 Å². The number of rotatable bonds is 2. The second-order valence-corrected chi connectivity index (χ2v) is 5.36. The van der Waals surface area contributed by atoms with Crippen LogP contribution in [0.4, 0.5) is 4.79 Å². The van der Waals surface area contributed by atoms with Gasteiger partial charge < -0.3 is 16.0 Å². The van der Waals surface area contributed by atoms with Crippen molar-refractivity contribution < 1.29 is 4.79 Å². The summed E-state index contributed by atoms with van der Waals surface area (Å²) >= 11 is 0. The SMILES string of the molecule is NCC1CCCCN1C(=O)NC1CCCCC1. The first-order chi connectivity index (χ1) is 8.31. The third kappa shape index (κ3) is 3.35. The van der Waals surface area contributed by atoms with Crippen LogP contribution in [0.15, 0.2) is 0 Å². The first kappa shape index (κ1) is 12.7. The summed E-state index contributed by atoms with van der Waals surface area (Å²) in [7, 11) is 0. The van der Waals surface area contributed by atoms with E-state index >= 15 is 0 Å². The van der Waals surface area contributed by atoms with Crippen molar-refractivity contribution >= 4 is 6.03 Å². The monoisotopic (exact) mass is 239 g/mol. The first-order valence-corrected chi connectivity index (χ1v) is 7.08. The number of amides is 2. The molecule has 17 heavy (non-hydrogen) atoms. The van der Waals surface area contributed by atoms with Gasteiger partial charge in [0.25, 0.3) is 0 Å². The third-order valence-corrected chi connectivity index (χ3v) is 4.09. The maximum absolute atomic E-state index is 12.2. The molecule has 1 aliphatic heterocycles. The van der Waals surface area contributed by atoms with E-state index in [1.165, 1.54) is 25.7 Å². The molecule has 1 saturated heterocycles. The normalized spacial score (nSPS) is 26.9. The molecule has 98 valence electrons. The number of carbonyl (C=O) groups is 1. The predicted octanol–water partition coefficient (Wildman–Crippen LogP) is 1.84. The van der Waals surface area contributed by atoms with Gasteiger partial charge in [-0.25, -0.2) is 4.79 Å². The van der Waals surface area contributed by atoms with Gasteiger partial charge in [0.15, 0.2) is 0 Å². The van der Waals surface area contributed by atoms with Crippen molar-refractivity contribution in [1.82, 2.24) is 10.2 Å². The van der Waals surface area contributed by atoms with Gasteiger partial charge in [0, 0.05) is 25.2 Å². The van der Waals surface area contributed by atoms with Gasteiger partial charge >= 0.3 is 6.03 Å². The van der Waals surface area contributed by atoms with Gasteiger partial charge in [0.2, 0.25) is 0 Å². The Morgan fingerprint density at radius 1 is 1.12 bits per heavy atom. The lowest BCUT2D eigenvalue weighted by Crippen LogP contribution is -2.53. The molecule has 0 aromatic heterocycles. The van der Waals surface area contributed by atoms with Gasteiger partial charge in [-0.2, -0.15) is 0 Å². The number of hydrogen-bond acceptors (Lipinski definition) is 2. The average Bonchev–Trinajstić information content (AvgIpc) is 2.40. The van der Waals surface area contributed by atoms with Crippen LogP contribution in [0, 0.1) is 0 Å². The Morgan fingerprint density at radius 3 is 2.53 bits per heavy atom. The fourth-order valence-corrected chi connectivity index (χ4v) is 3.02. The van der Waals surface area contributed by atoms with Crippen LogP contribution >= 0.6 is 0 Å². The Labute approximate surface area is 104 Å². The van der Waals surface area contributed by atoms with Crippen LogP contribution in [0.2, 0.25) is 0 Å². The number of nitrogens with one attached hydrogen (secondary N) is 1. The molecule has 1 aliphatic carbocycles. The summed E-state index contributed by atoms with van der Waals surface area (Å²) in [6.07, 6.45) is 9.51. The van der Waals surface area contributed by atoms with Gasteiger partial charge in [-0.3, -0.25) is 0 Å². The highest BCUT2D eigenvalue weighted by Crippen LogP contribution is 2.20. The summed E-state index contributed by atoms with van der Waals surface area (Å²) in [6.45, 7) is 1.47. The fourth-order valence-electron chi connectivity index (χ4n) is 3.02. The molecule has 2 amide bonds. The molecular formula is C13H25N3O. The zero-order valence-corrected chi connectivity index (χ0v) is 10.7. The summed E-state index contributed by atoms with van der Waals surface area (Å²) < 4.78 is 0. The van der Waals surface area contributed by atoms with E-state index < -0.39 is 0 Å². The highest BCUT2D eigenvalue weighted by Gasteiger charge is 2.27. The highest BCUT2D eigenvalue weighted by molar-refractivity contribution is 5.75. The van der Waals surface area contributed by atoms with Crippen molar-refractivity contribution in [3.05, 3.63) is 0 Å². The molecule has 0 spiro atoms. The van der Waals surface area contributed by atoms with Crippen LogP contribution < -0.4 is 11.1 Å². The van der Waals surface area contributed by atoms with E-state index in [0.29, 0.717) is 12.6 Å². The van der Waals surface area contributed by atoms with Crippen molar-refractivity contribution in [3.63, 3.8) is 0 Å². The van der Waals surface area contributed by atoms with Gasteiger partial charge in [0.1, 0.15) is 0 Å². The van der Waals surface area contributed by atoms with E-state index in [1.807, 2.05) is 4.90 Å². The molecule has 0 aromatic rings. The molecular weight excluding hydrogens is 214 g/mol. The molecule has 1 unspecified atom stereocenters. The van der Waals surface area contributed by atoms with E-state index in [0.717, 1.165) is 32.2 Å². The Kier molecular flexibility index (Phi) is 4.66. The number of likely N-dealkylation sites (tertiary alicyclic amines) is 1. The average molecular weight is 239 g/mol. The molecule has 2 aliphatic rings.